The number of aromatic nitrogens is 2. The van der Waals surface area contributed by atoms with E-state index in [2.05, 4.69) is 21.7 Å². The number of carbonyl (C=O) groups excluding carboxylic acids is 1. The van der Waals surface area contributed by atoms with Crippen molar-refractivity contribution < 1.29 is 9.53 Å². The molecule has 2 aliphatic heterocycles. The molecule has 1 aromatic rings. The lowest BCUT2D eigenvalue weighted by Crippen LogP contribution is -2.56. The Labute approximate surface area is 156 Å². The second-order valence-corrected chi connectivity index (χ2v) is 7.08. The minimum atomic E-state index is -0.179. The van der Waals surface area contributed by atoms with Crippen LogP contribution in [-0.4, -0.2) is 77.8 Å². The molecule has 0 unspecified atom stereocenters. The molecule has 1 amide bonds. The molecule has 7 nitrogen and oxygen atoms in total. The van der Waals surface area contributed by atoms with Crippen LogP contribution in [-0.2, 0) is 11.2 Å². The Bertz CT molecular complexity index is 616. The van der Waals surface area contributed by atoms with Crippen molar-refractivity contribution in [3.8, 4) is 0 Å². The lowest BCUT2D eigenvalue weighted by molar-refractivity contribution is 0.0629. The molecule has 0 aliphatic carbocycles. The van der Waals surface area contributed by atoms with Crippen LogP contribution in [0.2, 0.25) is 0 Å². The van der Waals surface area contributed by atoms with E-state index < -0.39 is 0 Å². The van der Waals surface area contributed by atoms with Crippen molar-refractivity contribution in [3.05, 3.63) is 17.6 Å². The normalized spacial score (nSPS) is 21.7. The summed E-state index contributed by atoms with van der Waals surface area (Å²) in [5.41, 5.74) is 1.23. The van der Waals surface area contributed by atoms with E-state index in [-0.39, 0.29) is 6.09 Å². The topological polar surface area (TPSA) is 61.8 Å². The fourth-order valence-corrected chi connectivity index (χ4v) is 3.94. The highest BCUT2D eigenvalue weighted by Gasteiger charge is 2.30. The molecule has 2 aliphatic rings. The molecule has 0 aromatic carbocycles. The van der Waals surface area contributed by atoms with Gasteiger partial charge < -0.3 is 14.5 Å². The number of hydrogen-bond acceptors (Lipinski definition) is 6. The molecule has 1 aromatic heterocycles. The largest absolute Gasteiger partial charge is 0.450 e. The number of nitrogens with zero attached hydrogens (tertiary/aromatic N) is 5. The maximum Gasteiger partial charge on any atom is 0.409 e. The van der Waals surface area contributed by atoms with Crippen LogP contribution < -0.4 is 4.90 Å². The Hall–Kier alpha value is -1.89. The molecule has 144 valence electrons. The molecule has 1 atom stereocenters. The van der Waals surface area contributed by atoms with Gasteiger partial charge >= 0.3 is 6.09 Å². The van der Waals surface area contributed by atoms with Gasteiger partial charge in [-0.15, -0.1) is 0 Å². The standard InChI is InChI=1S/C19H31N5O2/c1-4-16-13-20-15(3)21-18(16)24-8-6-7-17(14-24)22-9-11-23(12-10-22)19(25)26-5-2/h13,17H,4-12,14H2,1-3H3/t17-/m1/s1. The van der Waals surface area contributed by atoms with Gasteiger partial charge in [0.1, 0.15) is 11.6 Å². The van der Waals surface area contributed by atoms with Gasteiger partial charge in [-0.1, -0.05) is 6.92 Å². The molecule has 3 rings (SSSR count). The summed E-state index contributed by atoms with van der Waals surface area (Å²) in [6, 6.07) is 0.521. The van der Waals surface area contributed by atoms with Crippen molar-refractivity contribution in [3.63, 3.8) is 0 Å². The molecule has 0 radical (unpaired) electrons. The Morgan fingerprint density at radius 1 is 1.23 bits per heavy atom. The summed E-state index contributed by atoms with van der Waals surface area (Å²) >= 11 is 0. The van der Waals surface area contributed by atoms with Gasteiger partial charge in [0.05, 0.1) is 6.61 Å². The fraction of sp³-hybridized carbons (Fsp3) is 0.737. The number of rotatable bonds is 4. The number of hydrogen-bond donors (Lipinski definition) is 0. The molecule has 7 heteroatoms. The van der Waals surface area contributed by atoms with E-state index in [0.717, 1.165) is 57.3 Å². The predicted molar refractivity (Wildman–Crippen MR) is 102 cm³/mol. The lowest BCUT2D eigenvalue weighted by Gasteiger charge is -2.43. The number of amides is 1. The molecule has 2 fully saturated rings. The van der Waals surface area contributed by atoms with Gasteiger partial charge in [-0.3, -0.25) is 4.90 Å². The van der Waals surface area contributed by atoms with Gasteiger partial charge in [-0.25, -0.2) is 14.8 Å². The van der Waals surface area contributed by atoms with Crippen LogP contribution in [0.3, 0.4) is 0 Å². The molecular formula is C19H31N5O2. The van der Waals surface area contributed by atoms with Crippen molar-refractivity contribution in [1.29, 1.82) is 0 Å². The molecule has 0 spiro atoms. The monoisotopic (exact) mass is 361 g/mol. The second kappa shape index (κ2) is 8.66. The van der Waals surface area contributed by atoms with Crippen LogP contribution in [0.15, 0.2) is 6.20 Å². The molecule has 2 saturated heterocycles. The van der Waals surface area contributed by atoms with E-state index in [0.29, 0.717) is 12.6 Å². The van der Waals surface area contributed by atoms with Gasteiger partial charge in [0.15, 0.2) is 0 Å². The smallest absolute Gasteiger partial charge is 0.409 e. The Morgan fingerprint density at radius 2 is 2.00 bits per heavy atom. The van der Waals surface area contributed by atoms with Gasteiger partial charge in [0.2, 0.25) is 0 Å². The maximum atomic E-state index is 11.9. The van der Waals surface area contributed by atoms with Gasteiger partial charge in [0, 0.05) is 57.1 Å². The maximum absolute atomic E-state index is 11.9. The Morgan fingerprint density at radius 3 is 2.69 bits per heavy atom. The van der Waals surface area contributed by atoms with Crippen molar-refractivity contribution in [2.24, 2.45) is 0 Å². The first kappa shape index (κ1) is 18.9. The number of piperidine rings is 1. The van der Waals surface area contributed by atoms with E-state index in [1.807, 2.05) is 24.9 Å². The van der Waals surface area contributed by atoms with Crippen molar-refractivity contribution in [2.45, 2.75) is 46.1 Å². The van der Waals surface area contributed by atoms with Gasteiger partial charge in [0.25, 0.3) is 0 Å². The zero-order valence-corrected chi connectivity index (χ0v) is 16.3. The van der Waals surface area contributed by atoms with E-state index in [1.54, 1.807) is 0 Å². The van der Waals surface area contributed by atoms with Crippen LogP contribution in [0.25, 0.3) is 0 Å². The second-order valence-electron chi connectivity index (χ2n) is 7.08. The highest BCUT2D eigenvalue weighted by atomic mass is 16.6. The summed E-state index contributed by atoms with van der Waals surface area (Å²) in [6.07, 6.45) is 5.13. The zero-order chi connectivity index (χ0) is 18.5. The highest BCUT2D eigenvalue weighted by Crippen LogP contribution is 2.25. The number of piperazine rings is 1. The Balaban J connectivity index is 1.61. The van der Waals surface area contributed by atoms with Crippen molar-refractivity contribution >= 4 is 11.9 Å². The minimum Gasteiger partial charge on any atom is -0.450 e. The Kier molecular flexibility index (Phi) is 6.29. The molecule has 26 heavy (non-hydrogen) atoms. The quantitative estimate of drug-likeness (QED) is 0.818. The van der Waals surface area contributed by atoms with E-state index >= 15 is 0 Å². The van der Waals surface area contributed by atoms with Crippen LogP contribution in [0.4, 0.5) is 10.6 Å². The summed E-state index contributed by atoms with van der Waals surface area (Å²) in [6.45, 7) is 11.8. The van der Waals surface area contributed by atoms with E-state index in [9.17, 15) is 4.79 Å². The summed E-state index contributed by atoms with van der Waals surface area (Å²) in [4.78, 5) is 27.8. The SMILES string of the molecule is CCOC(=O)N1CCN([C@@H]2CCCN(c3nc(C)ncc3CC)C2)CC1. The summed E-state index contributed by atoms with van der Waals surface area (Å²) in [7, 11) is 0. The third-order valence-corrected chi connectivity index (χ3v) is 5.40. The summed E-state index contributed by atoms with van der Waals surface area (Å²) < 4.78 is 5.12. The average Bonchev–Trinajstić information content (AvgIpc) is 2.68. The lowest BCUT2D eigenvalue weighted by atomic mass is 10.0. The van der Waals surface area contributed by atoms with E-state index in [1.165, 1.54) is 18.4 Å². The highest BCUT2D eigenvalue weighted by molar-refractivity contribution is 5.67. The summed E-state index contributed by atoms with van der Waals surface area (Å²) in [5, 5.41) is 0. The first-order valence-electron chi connectivity index (χ1n) is 9.85. The van der Waals surface area contributed by atoms with Gasteiger partial charge in [-0.05, 0) is 33.1 Å². The van der Waals surface area contributed by atoms with Crippen molar-refractivity contribution in [2.75, 3.05) is 50.8 Å². The third-order valence-electron chi connectivity index (χ3n) is 5.40. The number of carbonyl (C=O) groups is 1. The fourth-order valence-electron chi connectivity index (χ4n) is 3.94. The number of aryl methyl sites for hydroxylation is 2. The number of anilines is 1. The van der Waals surface area contributed by atoms with Crippen LogP contribution in [0, 0.1) is 6.92 Å². The number of ether oxygens (including phenoxy) is 1. The minimum absolute atomic E-state index is 0.179. The molecule has 3 heterocycles. The summed E-state index contributed by atoms with van der Waals surface area (Å²) in [5.74, 6) is 1.94. The van der Waals surface area contributed by atoms with Crippen molar-refractivity contribution in [1.82, 2.24) is 19.8 Å². The molecule has 0 bridgehead atoms. The van der Waals surface area contributed by atoms with Gasteiger partial charge in [-0.2, -0.15) is 0 Å². The van der Waals surface area contributed by atoms with Crippen LogP contribution in [0.1, 0.15) is 38.1 Å². The first-order valence-corrected chi connectivity index (χ1v) is 9.85. The molecule has 0 saturated carbocycles. The average molecular weight is 361 g/mol. The van der Waals surface area contributed by atoms with Crippen LogP contribution in [0.5, 0.6) is 0 Å². The predicted octanol–water partition coefficient (Wildman–Crippen LogP) is 2.09. The zero-order valence-electron chi connectivity index (χ0n) is 16.3. The first-order chi connectivity index (χ1) is 12.6. The third kappa shape index (κ3) is 4.26. The van der Waals surface area contributed by atoms with Crippen LogP contribution >= 0.6 is 0 Å². The molecular weight excluding hydrogens is 330 g/mol. The van der Waals surface area contributed by atoms with E-state index in [4.69, 9.17) is 9.72 Å². The molecule has 0 N–H and O–H groups in total.